The Hall–Kier alpha value is -1.46. The van der Waals surface area contributed by atoms with E-state index in [1.54, 1.807) is 6.92 Å². The first-order chi connectivity index (χ1) is 10.2. The Kier molecular flexibility index (Phi) is 4.22. The molecule has 0 N–H and O–H groups in total. The highest BCUT2D eigenvalue weighted by Crippen LogP contribution is 2.29. The summed E-state index contributed by atoms with van der Waals surface area (Å²) in [5.41, 5.74) is 0.908. The summed E-state index contributed by atoms with van der Waals surface area (Å²) in [6.07, 6.45) is 3.98. The van der Waals surface area contributed by atoms with E-state index in [0.717, 1.165) is 51.3 Å². The predicted molar refractivity (Wildman–Crippen MR) is 79.7 cm³/mol. The minimum absolute atomic E-state index is 0.152. The molecule has 1 aromatic heterocycles. The molecule has 0 aliphatic carbocycles. The predicted octanol–water partition coefficient (Wildman–Crippen LogP) is 1.29. The monoisotopic (exact) mass is 289 g/mol. The van der Waals surface area contributed by atoms with Gasteiger partial charge in [-0.15, -0.1) is 0 Å². The molecule has 114 valence electrons. The maximum atomic E-state index is 11.6. The van der Waals surface area contributed by atoms with Crippen LogP contribution >= 0.6 is 0 Å². The van der Waals surface area contributed by atoms with Crippen molar-refractivity contribution in [1.29, 1.82) is 0 Å². The van der Waals surface area contributed by atoms with Gasteiger partial charge < -0.3 is 9.64 Å². The van der Waals surface area contributed by atoms with Crippen LogP contribution in [0.15, 0.2) is 24.4 Å². The molecule has 3 rings (SSSR count). The van der Waals surface area contributed by atoms with Gasteiger partial charge in [-0.3, -0.25) is 14.7 Å². The van der Waals surface area contributed by atoms with Gasteiger partial charge in [-0.2, -0.15) is 0 Å². The molecular formula is C16H23N3O2. The number of morpholine rings is 1. The van der Waals surface area contributed by atoms with Gasteiger partial charge in [0, 0.05) is 32.8 Å². The molecule has 5 nitrogen and oxygen atoms in total. The summed E-state index contributed by atoms with van der Waals surface area (Å²) in [4.78, 5) is 20.4. The second-order valence-corrected chi connectivity index (χ2v) is 6.11. The lowest BCUT2D eigenvalue weighted by Gasteiger charge is -2.47. The van der Waals surface area contributed by atoms with Crippen LogP contribution in [0, 0.1) is 0 Å². The Morgan fingerprint density at radius 2 is 2.29 bits per heavy atom. The highest BCUT2D eigenvalue weighted by molar-refractivity contribution is 5.73. The second-order valence-electron chi connectivity index (χ2n) is 6.11. The first-order valence-corrected chi connectivity index (χ1v) is 7.69. The van der Waals surface area contributed by atoms with Gasteiger partial charge in [-0.1, -0.05) is 6.07 Å². The van der Waals surface area contributed by atoms with Crippen molar-refractivity contribution in [2.24, 2.45) is 0 Å². The van der Waals surface area contributed by atoms with Gasteiger partial charge >= 0.3 is 0 Å². The Labute approximate surface area is 125 Å². The number of amides is 1. The highest BCUT2D eigenvalue weighted by atomic mass is 16.5. The highest BCUT2D eigenvalue weighted by Gasteiger charge is 2.41. The van der Waals surface area contributed by atoms with Crippen LogP contribution in [-0.2, 0) is 16.1 Å². The average molecular weight is 289 g/mol. The molecule has 1 atom stereocenters. The van der Waals surface area contributed by atoms with Crippen LogP contribution in [0.4, 0.5) is 0 Å². The fraction of sp³-hybridized carbons (Fsp3) is 0.625. The molecule has 2 fully saturated rings. The third-order valence-electron chi connectivity index (χ3n) is 4.42. The number of pyridine rings is 1. The lowest BCUT2D eigenvalue weighted by Crippen LogP contribution is -2.60. The van der Waals surface area contributed by atoms with Crippen molar-refractivity contribution in [3.63, 3.8) is 0 Å². The Bertz CT molecular complexity index is 490. The number of hydrogen-bond donors (Lipinski definition) is 0. The number of piperidine rings is 1. The van der Waals surface area contributed by atoms with E-state index in [2.05, 4.69) is 16.0 Å². The topological polar surface area (TPSA) is 45.7 Å². The standard InChI is InChI=1S/C16H23N3O2/c1-14(20)19-9-10-21-16(13-19)6-4-8-18(12-16)11-15-5-2-3-7-17-15/h2-3,5,7H,4,6,8-13H2,1H3. The van der Waals surface area contributed by atoms with Crippen LogP contribution in [-0.4, -0.2) is 59.1 Å². The molecule has 0 radical (unpaired) electrons. The van der Waals surface area contributed by atoms with Crippen LogP contribution in [0.2, 0.25) is 0 Å². The zero-order chi connectivity index (χ0) is 14.7. The van der Waals surface area contributed by atoms with Gasteiger partial charge in [0.25, 0.3) is 0 Å². The molecular weight excluding hydrogens is 266 g/mol. The van der Waals surface area contributed by atoms with Crippen molar-refractivity contribution in [1.82, 2.24) is 14.8 Å². The van der Waals surface area contributed by atoms with Crippen molar-refractivity contribution in [2.75, 3.05) is 32.8 Å². The van der Waals surface area contributed by atoms with Gasteiger partial charge in [0.05, 0.1) is 24.4 Å². The van der Waals surface area contributed by atoms with Gasteiger partial charge in [-0.05, 0) is 31.5 Å². The largest absolute Gasteiger partial charge is 0.370 e. The van der Waals surface area contributed by atoms with Crippen LogP contribution < -0.4 is 0 Å². The van der Waals surface area contributed by atoms with E-state index in [0.29, 0.717) is 6.61 Å². The first kappa shape index (κ1) is 14.5. The fourth-order valence-electron chi connectivity index (χ4n) is 3.41. The van der Waals surface area contributed by atoms with E-state index >= 15 is 0 Å². The van der Waals surface area contributed by atoms with Gasteiger partial charge in [0.2, 0.25) is 5.91 Å². The van der Waals surface area contributed by atoms with Crippen molar-refractivity contribution < 1.29 is 9.53 Å². The second kappa shape index (κ2) is 6.12. The summed E-state index contributed by atoms with van der Waals surface area (Å²) in [6.45, 7) is 6.55. The molecule has 21 heavy (non-hydrogen) atoms. The Morgan fingerprint density at radius 1 is 1.38 bits per heavy atom. The van der Waals surface area contributed by atoms with E-state index in [9.17, 15) is 4.79 Å². The zero-order valence-electron chi connectivity index (χ0n) is 12.6. The number of hydrogen-bond acceptors (Lipinski definition) is 4. The third kappa shape index (κ3) is 3.41. The van der Waals surface area contributed by atoms with E-state index < -0.39 is 0 Å². The van der Waals surface area contributed by atoms with E-state index in [-0.39, 0.29) is 11.5 Å². The third-order valence-corrected chi connectivity index (χ3v) is 4.42. The molecule has 2 aliphatic rings. The van der Waals surface area contributed by atoms with Crippen LogP contribution in [0.5, 0.6) is 0 Å². The van der Waals surface area contributed by atoms with Gasteiger partial charge in [0.1, 0.15) is 0 Å². The van der Waals surface area contributed by atoms with E-state index in [1.165, 1.54) is 0 Å². The first-order valence-electron chi connectivity index (χ1n) is 7.69. The summed E-state index contributed by atoms with van der Waals surface area (Å²) in [5.74, 6) is 0.152. The van der Waals surface area contributed by atoms with Crippen molar-refractivity contribution in [3.05, 3.63) is 30.1 Å². The summed E-state index contributed by atoms with van der Waals surface area (Å²) in [7, 11) is 0. The normalized spacial score (nSPS) is 27.0. The Morgan fingerprint density at radius 3 is 3.05 bits per heavy atom. The number of ether oxygens (including phenoxy) is 1. The van der Waals surface area contributed by atoms with Crippen molar-refractivity contribution in [2.45, 2.75) is 31.9 Å². The van der Waals surface area contributed by atoms with E-state index in [4.69, 9.17) is 4.74 Å². The van der Waals surface area contributed by atoms with Gasteiger partial charge in [-0.25, -0.2) is 0 Å². The molecule has 5 heteroatoms. The van der Waals surface area contributed by atoms with Gasteiger partial charge in [0.15, 0.2) is 0 Å². The van der Waals surface area contributed by atoms with E-state index in [1.807, 2.05) is 23.2 Å². The van der Waals surface area contributed by atoms with Crippen LogP contribution in [0.25, 0.3) is 0 Å². The molecule has 1 amide bonds. The number of likely N-dealkylation sites (tertiary alicyclic amines) is 1. The maximum Gasteiger partial charge on any atom is 0.219 e. The molecule has 1 aromatic rings. The van der Waals surface area contributed by atoms with Crippen molar-refractivity contribution in [3.8, 4) is 0 Å². The van der Waals surface area contributed by atoms with Crippen LogP contribution in [0.3, 0.4) is 0 Å². The molecule has 2 saturated heterocycles. The summed E-state index contributed by atoms with van der Waals surface area (Å²) < 4.78 is 6.10. The minimum Gasteiger partial charge on any atom is -0.370 e. The maximum absolute atomic E-state index is 11.6. The summed E-state index contributed by atoms with van der Waals surface area (Å²) in [5, 5.41) is 0. The molecule has 2 aliphatic heterocycles. The summed E-state index contributed by atoms with van der Waals surface area (Å²) >= 11 is 0. The number of carbonyl (C=O) groups excluding carboxylic acids is 1. The number of aromatic nitrogens is 1. The Balaban J connectivity index is 1.66. The molecule has 1 unspecified atom stereocenters. The van der Waals surface area contributed by atoms with Crippen LogP contribution in [0.1, 0.15) is 25.5 Å². The quantitative estimate of drug-likeness (QED) is 0.823. The summed E-state index contributed by atoms with van der Waals surface area (Å²) in [6, 6.07) is 6.03. The number of nitrogens with zero attached hydrogens (tertiary/aromatic N) is 3. The molecule has 0 aromatic carbocycles. The molecule has 0 bridgehead atoms. The molecule has 0 saturated carbocycles. The number of carbonyl (C=O) groups is 1. The minimum atomic E-state index is -0.184. The smallest absolute Gasteiger partial charge is 0.219 e. The SMILES string of the molecule is CC(=O)N1CCOC2(CCCN(Cc3ccccn3)C2)C1. The molecule has 1 spiro atoms. The lowest BCUT2D eigenvalue weighted by atomic mass is 9.90. The average Bonchev–Trinajstić information content (AvgIpc) is 2.48. The molecule has 3 heterocycles. The number of rotatable bonds is 2. The fourth-order valence-corrected chi connectivity index (χ4v) is 3.41. The lowest BCUT2D eigenvalue weighted by molar-refractivity contribution is -0.160. The van der Waals surface area contributed by atoms with Crippen molar-refractivity contribution >= 4 is 5.91 Å². The zero-order valence-corrected chi connectivity index (χ0v) is 12.6.